The summed E-state index contributed by atoms with van der Waals surface area (Å²) < 4.78 is 0. The zero-order valence-corrected chi connectivity index (χ0v) is 15.1. The maximum atomic E-state index is 12.5. The SMILES string of the molecule is CCN1C(=O)/C(=C/C=C/c2ccccc2)S/C1=N/c1nc(C)cs1. The van der Waals surface area contributed by atoms with E-state index >= 15 is 0 Å². The largest absolute Gasteiger partial charge is 0.287 e. The van der Waals surface area contributed by atoms with Crippen molar-refractivity contribution >= 4 is 45.4 Å². The summed E-state index contributed by atoms with van der Waals surface area (Å²) in [4.78, 5) is 23.7. The number of thiazole rings is 1. The fourth-order valence-corrected chi connectivity index (χ4v) is 3.89. The predicted octanol–water partition coefficient (Wildman–Crippen LogP) is 4.63. The minimum absolute atomic E-state index is 0.00719. The number of hydrogen-bond acceptors (Lipinski definition) is 5. The molecule has 1 fully saturated rings. The third kappa shape index (κ3) is 3.83. The minimum Gasteiger partial charge on any atom is -0.287 e. The number of carbonyl (C=O) groups excluding carboxylic acids is 1. The van der Waals surface area contributed by atoms with Crippen molar-refractivity contribution in [2.75, 3.05) is 6.54 Å². The van der Waals surface area contributed by atoms with Gasteiger partial charge in [-0.1, -0.05) is 42.5 Å². The van der Waals surface area contributed by atoms with Crippen LogP contribution >= 0.6 is 23.1 Å². The molecule has 1 amide bonds. The van der Waals surface area contributed by atoms with Crippen LogP contribution in [0.25, 0.3) is 6.08 Å². The van der Waals surface area contributed by atoms with Gasteiger partial charge in [0.25, 0.3) is 5.91 Å². The second-order valence-corrected chi connectivity index (χ2v) is 6.96. The molecule has 4 nitrogen and oxygen atoms in total. The molecular formula is C18H17N3OS2. The number of rotatable bonds is 4. The quantitative estimate of drug-likeness (QED) is 0.751. The topological polar surface area (TPSA) is 45.6 Å². The van der Waals surface area contributed by atoms with Crippen molar-refractivity contribution < 1.29 is 4.79 Å². The lowest BCUT2D eigenvalue weighted by Crippen LogP contribution is -2.28. The van der Waals surface area contributed by atoms with Gasteiger partial charge in [0.05, 0.1) is 10.6 Å². The lowest BCUT2D eigenvalue weighted by atomic mass is 10.2. The van der Waals surface area contributed by atoms with Crippen LogP contribution in [0, 0.1) is 6.92 Å². The first kappa shape index (κ1) is 16.7. The summed E-state index contributed by atoms with van der Waals surface area (Å²) in [5, 5.41) is 3.33. The van der Waals surface area contributed by atoms with Crippen LogP contribution < -0.4 is 0 Å². The monoisotopic (exact) mass is 355 g/mol. The first-order valence-corrected chi connectivity index (χ1v) is 9.31. The first-order valence-electron chi connectivity index (χ1n) is 7.61. The summed E-state index contributed by atoms with van der Waals surface area (Å²) in [5.41, 5.74) is 2.04. The van der Waals surface area contributed by atoms with Gasteiger partial charge < -0.3 is 0 Å². The fraction of sp³-hybridized carbons (Fsp3) is 0.167. The van der Waals surface area contributed by atoms with Crippen molar-refractivity contribution in [3.8, 4) is 0 Å². The van der Waals surface area contributed by atoms with Gasteiger partial charge in [-0.15, -0.1) is 11.3 Å². The van der Waals surface area contributed by atoms with Crippen LogP contribution in [0.2, 0.25) is 0 Å². The highest BCUT2D eigenvalue weighted by atomic mass is 32.2. The Morgan fingerprint density at radius 1 is 1.29 bits per heavy atom. The summed E-state index contributed by atoms with van der Waals surface area (Å²) in [7, 11) is 0. The average Bonchev–Trinajstić information content (AvgIpc) is 3.12. The molecule has 1 saturated heterocycles. The van der Waals surface area contributed by atoms with E-state index in [-0.39, 0.29) is 5.91 Å². The summed E-state index contributed by atoms with van der Waals surface area (Å²) in [6.45, 7) is 4.48. The van der Waals surface area contributed by atoms with E-state index in [4.69, 9.17) is 0 Å². The Labute approximate surface area is 149 Å². The Hall–Kier alpha value is -2.18. The molecule has 0 atom stereocenters. The number of aryl methyl sites for hydroxylation is 1. The number of amidine groups is 1. The molecule has 122 valence electrons. The molecule has 1 aliphatic heterocycles. The molecule has 0 N–H and O–H groups in total. The lowest BCUT2D eigenvalue weighted by Gasteiger charge is -2.11. The van der Waals surface area contributed by atoms with E-state index in [1.54, 1.807) is 4.90 Å². The van der Waals surface area contributed by atoms with Gasteiger partial charge >= 0.3 is 0 Å². The molecule has 2 heterocycles. The predicted molar refractivity (Wildman–Crippen MR) is 102 cm³/mol. The number of nitrogens with zero attached hydrogens (tertiary/aromatic N) is 3. The van der Waals surface area contributed by atoms with E-state index < -0.39 is 0 Å². The van der Waals surface area contributed by atoms with Crippen LogP contribution in [0.3, 0.4) is 0 Å². The van der Waals surface area contributed by atoms with E-state index in [0.717, 1.165) is 11.3 Å². The van der Waals surface area contributed by atoms with Crippen molar-refractivity contribution in [2.45, 2.75) is 13.8 Å². The molecule has 24 heavy (non-hydrogen) atoms. The fourth-order valence-electron chi connectivity index (χ4n) is 2.17. The van der Waals surface area contributed by atoms with E-state index in [2.05, 4.69) is 9.98 Å². The van der Waals surface area contributed by atoms with Crippen LogP contribution in [0.5, 0.6) is 0 Å². The number of thioether (sulfide) groups is 1. The van der Waals surface area contributed by atoms with Gasteiger partial charge in [0, 0.05) is 11.9 Å². The van der Waals surface area contributed by atoms with Gasteiger partial charge in [-0.3, -0.25) is 9.69 Å². The minimum atomic E-state index is -0.00719. The Morgan fingerprint density at radius 2 is 2.08 bits per heavy atom. The summed E-state index contributed by atoms with van der Waals surface area (Å²) in [6.07, 6.45) is 5.73. The summed E-state index contributed by atoms with van der Waals surface area (Å²) in [5.74, 6) is -0.00719. The number of aromatic nitrogens is 1. The third-order valence-electron chi connectivity index (χ3n) is 3.34. The molecule has 0 spiro atoms. The van der Waals surface area contributed by atoms with Gasteiger partial charge in [-0.25, -0.2) is 4.98 Å². The van der Waals surface area contributed by atoms with Crippen molar-refractivity contribution in [3.05, 3.63) is 64.0 Å². The van der Waals surface area contributed by atoms with E-state index in [1.165, 1.54) is 23.1 Å². The van der Waals surface area contributed by atoms with Gasteiger partial charge in [0.2, 0.25) is 5.13 Å². The van der Waals surface area contributed by atoms with E-state index in [1.807, 2.05) is 67.8 Å². The summed E-state index contributed by atoms with van der Waals surface area (Å²) in [6, 6.07) is 10.0. The van der Waals surface area contributed by atoms with Crippen LogP contribution in [-0.4, -0.2) is 27.5 Å². The van der Waals surface area contributed by atoms with Gasteiger partial charge in [0.15, 0.2) is 5.17 Å². The number of amides is 1. The molecule has 0 unspecified atom stereocenters. The van der Waals surface area contributed by atoms with Crippen molar-refractivity contribution in [3.63, 3.8) is 0 Å². The second-order valence-electron chi connectivity index (χ2n) is 5.12. The van der Waals surface area contributed by atoms with Crippen LogP contribution in [0.1, 0.15) is 18.2 Å². The van der Waals surface area contributed by atoms with Crippen LogP contribution in [-0.2, 0) is 4.79 Å². The standard InChI is InChI=1S/C18H17N3OS2/c1-3-21-16(22)15(11-7-10-14-8-5-4-6-9-14)24-18(21)20-17-19-13(2)12-23-17/h4-12H,3H2,1-2H3/b10-7+,15-11-,20-18+. The van der Waals surface area contributed by atoms with Gasteiger partial charge in [-0.2, -0.15) is 4.99 Å². The number of carbonyl (C=O) groups is 1. The molecule has 2 aromatic rings. The molecule has 0 aliphatic carbocycles. The Balaban J connectivity index is 1.80. The Kier molecular flexibility index (Phi) is 5.27. The molecule has 0 bridgehead atoms. The Morgan fingerprint density at radius 3 is 2.75 bits per heavy atom. The molecule has 3 rings (SSSR count). The molecule has 1 aromatic heterocycles. The highest BCUT2D eigenvalue weighted by molar-refractivity contribution is 8.18. The number of allylic oxidation sites excluding steroid dienone is 2. The molecule has 1 aromatic carbocycles. The highest BCUT2D eigenvalue weighted by Crippen LogP contribution is 2.33. The first-order chi connectivity index (χ1) is 11.7. The normalized spacial score (nSPS) is 18.4. The summed E-state index contributed by atoms with van der Waals surface area (Å²) >= 11 is 2.88. The molecule has 1 aliphatic rings. The molecule has 0 saturated carbocycles. The van der Waals surface area contributed by atoms with Crippen molar-refractivity contribution in [1.82, 2.24) is 9.88 Å². The Bertz CT molecular complexity index is 822. The molecule has 0 radical (unpaired) electrons. The number of aliphatic imine (C=N–C) groups is 1. The maximum Gasteiger partial charge on any atom is 0.266 e. The van der Waals surface area contributed by atoms with Crippen molar-refractivity contribution in [2.24, 2.45) is 4.99 Å². The maximum absolute atomic E-state index is 12.5. The third-order valence-corrected chi connectivity index (χ3v) is 5.22. The second kappa shape index (κ2) is 7.59. The van der Waals surface area contributed by atoms with E-state index in [9.17, 15) is 4.79 Å². The van der Waals surface area contributed by atoms with Crippen LogP contribution in [0.15, 0.2) is 57.8 Å². The zero-order valence-electron chi connectivity index (χ0n) is 13.5. The van der Waals surface area contributed by atoms with Crippen LogP contribution in [0.4, 0.5) is 5.13 Å². The van der Waals surface area contributed by atoms with E-state index in [0.29, 0.717) is 21.7 Å². The number of likely N-dealkylation sites (N-methyl/N-ethyl adjacent to an activating group) is 1. The number of hydrogen-bond donors (Lipinski definition) is 0. The highest BCUT2D eigenvalue weighted by Gasteiger charge is 2.32. The number of benzene rings is 1. The smallest absolute Gasteiger partial charge is 0.266 e. The lowest BCUT2D eigenvalue weighted by molar-refractivity contribution is -0.122. The molecular weight excluding hydrogens is 338 g/mol. The molecule has 6 heteroatoms. The van der Waals surface area contributed by atoms with Gasteiger partial charge in [-0.05, 0) is 37.2 Å². The zero-order chi connectivity index (χ0) is 16.9. The van der Waals surface area contributed by atoms with Gasteiger partial charge in [0.1, 0.15) is 0 Å². The van der Waals surface area contributed by atoms with Crippen molar-refractivity contribution in [1.29, 1.82) is 0 Å². The average molecular weight is 355 g/mol.